The van der Waals surface area contributed by atoms with Crippen molar-refractivity contribution in [1.82, 2.24) is 14.7 Å². The van der Waals surface area contributed by atoms with E-state index in [1.54, 1.807) is 0 Å². The van der Waals surface area contributed by atoms with Crippen molar-refractivity contribution in [3.63, 3.8) is 0 Å². The van der Waals surface area contributed by atoms with Gasteiger partial charge in [-0.15, -0.1) is 0 Å². The van der Waals surface area contributed by atoms with Crippen LogP contribution in [0.1, 0.15) is 25.7 Å². The van der Waals surface area contributed by atoms with Crippen LogP contribution in [0.2, 0.25) is 0 Å². The number of hydrogen-bond acceptors (Lipinski definition) is 5. The van der Waals surface area contributed by atoms with Crippen LogP contribution in [-0.4, -0.2) is 86.2 Å². The third-order valence-corrected chi connectivity index (χ3v) is 4.97. The quantitative estimate of drug-likeness (QED) is 0.675. The van der Waals surface area contributed by atoms with E-state index < -0.39 is 0 Å². The third-order valence-electron chi connectivity index (χ3n) is 4.97. The van der Waals surface area contributed by atoms with Crippen molar-refractivity contribution < 1.29 is 0 Å². The molecule has 2 unspecified atom stereocenters. The third kappa shape index (κ3) is 4.15. The molecule has 5 nitrogen and oxygen atoms in total. The first-order valence-electron chi connectivity index (χ1n) is 8.33. The topological polar surface area (TPSA) is 61.8 Å². The van der Waals surface area contributed by atoms with Crippen molar-refractivity contribution in [3.8, 4) is 0 Å². The average molecular weight is 283 g/mol. The van der Waals surface area contributed by atoms with Gasteiger partial charge in [0.05, 0.1) is 0 Å². The second-order valence-corrected chi connectivity index (χ2v) is 6.38. The van der Waals surface area contributed by atoms with Gasteiger partial charge in [0.2, 0.25) is 0 Å². The Morgan fingerprint density at radius 1 is 0.950 bits per heavy atom. The molecule has 20 heavy (non-hydrogen) atoms. The van der Waals surface area contributed by atoms with Crippen LogP contribution in [0, 0.1) is 0 Å². The van der Waals surface area contributed by atoms with E-state index in [1.807, 2.05) is 0 Å². The van der Waals surface area contributed by atoms with Gasteiger partial charge in [-0.05, 0) is 65.5 Å². The lowest BCUT2D eigenvalue weighted by atomic mass is 10.0. The Hall–Kier alpha value is -0.200. The molecule has 0 radical (unpaired) electrons. The summed E-state index contributed by atoms with van der Waals surface area (Å²) in [6.45, 7) is 8.82. The standard InChI is InChI=1S/C15H33N5/c1-18-11-12-19(8-3-6-16)13-15(18)14-5-2-9-20(14)10-4-7-17/h14-15H,2-13,16-17H2,1H3. The van der Waals surface area contributed by atoms with E-state index in [1.165, 1.54) is 45.6 Å². The Kier molecular flexibility index (Phi) is 6.71. The first-order valence-corrected chi connectivity index (χ1v) is 8.33. The molecule has 4 N–H and O–H groups in total. The first-order chi connectivity index (χ1) is 9.76. The first kappa shape index (κ1) is 16.2. The van der Waals surface area contributed by atoms with Gasteiger partial charge in [0.25, 0.3) is 0 Å². The molecule has 0 aromatic carbocycles. The summed E-state index contributed by atoms with van der Waals surface area (Å²) >= 11 is 0. The van der Waals surface area contributed by atoms with Gasteiger partial charge in [0, 0.05) is 31.7 Å². The van der Waals surface area contributed by atoms with Crippen molar-refractivity contribution >= 4 is 0 Å². The highest BCUT2D eigenvalue weighted by Gasteiger charge is 2.36. The molecule has 2 aliphatic heterocycles. The van der Waals surface area contributed by atoms with Crippen LogP contribution in [0.4, 0.5) is 0 Å². The van der Waals surface area contributed by atoms with E-state index in [0.29, 0.717) is 6.04 Å². The number of nitrogens with two attached hydrogens (primary N) is 2. The van der Waals surface area contributed by atoms with Crippen molar-refractivity contribution in [3.05, 3.63) is 0 Å². The Balaban J connectivity index is 1.90. The zero-order chi connectivity index (χ0) is 14.4. The molecule has 0 spiro atoms. The highest BCUT2D eigenvalue weighted by Crippen LogP contribution is 2.25. The highest BCUT2D eigenvalue weighted by molar-refractivity contribution is 4.94. The number of nitrogens with zero attached hydrogens (tertiary/aromatic N) is 3. The molecule has 2 atom stereocenters. The van der Waals surface area contributed by atoms with Crippen molar-refractivity contribution in [2.45, 2.75) is 37.8 Å². The Labute approximate surface area is 124 Å². The molecule has 0 aromatic rings. The van der Waals surface area contributed by atoms with Gasteiger partial charge in [-0.2, -0.15) is 0 Å². The van der Waals surface area contributed by atoms with E-state index in [9.17, 15) is 0 Å². The molecule has 118 valence electrons. The normalized spacial score (nSPS) is 30.1. The Morgan fingerprint density at radius 2 is 1.70 bits per heavy atom. The summed E-state index contributed by atoms with van der Waals surface area (Å²) in [4.78, 5) is 7.86. The summed E-state index contributed by atoms with van der Waals surface area (Å²) in [5.74, 6) is 0. The molecule has 0 saturated carbocycles. The van der Waals surface area contributed by atoms with E-state index in [4.69, 9.17) is 11.5 Å². The number of hydrogen-bond donors (Lipinski definition) is 2. The molecule has 2 heterocycles. The molecule has 0 bridgehead atoms. The summed E-state index contributed by atoms with van der Waals surface area (Å²) in [7, 11) is 2.30. The minimum atomic E-state index is 0.682. The van der Waals surface area contributed by atoms with Crippen LogP contribution in [0.25, 0.3) is 0 Å². The summed E-state index contributed by atoms with van der Waals surface area (Å²) in [5.41, 5.74) is 11.3. The van der Waals surface area contributed by atoms with E-state index >= 15 is 0 Å². The lowest BCUT2D eigenvalue weighted by Crippen LogP contribution is -2.59. The molecule has 2 fully saturated rings. The second-order valence-electron chi connectivity index (χ2n) is 6.38. The maximum atomic E-state index is 5.68. The van der Waals surface area contributed by atoms with E-state index in [-0.39, 0.29) is 0 Å². The fourth-order valence-electron chi connectivity index (χ4n) is 3.75. The Bertz CT molecular complexity index is 271. The summed E-state index contributed by atoms with van der Waals surface area (Å²) < 4.78 is 0. The summed E-state index contributed by atoms with van der Waals surface area (Å²) in [6.07, 6.45) is 4.95. The van der Waals surface area contributed by atoms with Gasteiger partial charge < -0.3 is 16.4 Å². The molecule has 0 amide bonds. The SMILES string of the molecule is CN1CCN(CCCN)CC1C1CCCN1CCCN. The molecule has 2 rings (SSSR count). The van der Waals surface area contributed by atoms with Crippen LogP contribution in [0.3, 0.4) is 0 Å². The minimum absolute atomic E-state index is 0.682. The molecule has 2 aliphatic rings. The number of rotatable bonds is 7. The zero-order valence-corrected chi connectivity index (χ0v) is 13.1. The largest absolute Gasteiger partial charge is 0.330 e. The van der Waals surface area contributed by atoms with Crippen LogP contribution >= 0.6 is 0 Å². The van der Waals surface area contributed by atoms with Gasteiger partial charge in [-0.1, -0.05) is 0 Å². The van der Waals surface area contributed by atoms with E-state index in [2.05, 4.69) is 21.7 Å². The molecule has 0 aliphatic carbocycles. The number of piperazine rings is 1. The summed E-state index contributed by atoms with van der Waals surface area (Å²) in [6, 6.07) is 1.41. The van der Waals surface area contributed by atoms with E-state index in [0.717, 1.165) is 38.5 Å². The fourth-order valence-corrected chi connectivity index (χ4v) is 3.75. The van der Waals surface area contributed by atoms with Crippen molar-refractivity contribution in [2.75, 3.05) is 59.4 Å². The molecular weight excluding hydrogens is 250 g/mol. The van der Waals surface area contributed by atoms with Crippen LogP contribution in [0.15, 0.2) is 0 Å². The lowest BCUT2D eigenvalue weighted by Gasteiger charge is -2.44. The molecule has 5 heteroatoms. The highest BCUT2D eigenvalue weighted by atomic mass is 15.3. The molecular formula is C15H33N5. The van der Waals surface area contributed by atoms with Gasteiger partial charge in [-0.25, -0.2) is 0 Å². The lowest BCUT2D eigenvalue weighted by molar-refractivity contribution is 0.0432. The zero-order valence-electron chi connectivity index (χ0n) is 13.1. The number of likely N-dealkylation sites (tertiary alicyclic amines) is 1. The maximum absolute atomic E-state index is 5.68. The summed E-state index contributed by atoms with van der Waals surface area (Å²) in [5, 5.41) is 0. The van der Waals surface area contributed by atoms with Crippen LogP contribution in [-0.2, 0) is 0 Å². The average Bonchev–Trinajstić information content (AvgIpc) is 2.92. The monoisotopic (exact) mass is 283 g/mol. The maximum Gasteiger partial charge on any atom is 0.0376 e. The number of likely N-dealkylation sites (N-methyl/N-ethyl adjacent to an activating group) is 1. The second kappa shape index (κ2) is 8.29. The minimum Gasteiger partial charge on any atom is -0.330 e. The van der Waals surface area contributed by atoms with Gasteiger partial charge >= 0.3 is 0 Å². The Morgan fingerprint density at radius 3 is 2.45 bits per heavy atom. The van der Waals surface area contributed by atoms with Crippen molar-refractivity contribution in [1.29, 1.82) is 0 Å². The van der Waals surface area contributed by atoms with Crippen LogP contribution < -0.4 is 11.5 Å². The fraction of sp³-hybridized carbons (Fsp3) is 1.00. The molecule has 2 saturated heterocycles. The van der Waals surface area contributed by atoms with Crippen molar-refractivity contribution in [2.24, 2.45) is 11.5 Å². The van der Waals surface area contributed by atoms with Gasteiger partial charge in [-0.3, -0.25) is 9.80 Å². The van der Waals surface area contributed by atoms with Gasteiger partial charge in [0.15, 0.2) is 0 Å². The predicted octanol–water partition coefficient (Wildman–Crippen LogP) is -0.236. The smallest absolute Gasteiger partial charge is 0.0376 e. The van der Waals surface area contributed by atoms with Gasteiger partial charge in [0.1, 0.15) is 0 Å². The molecule has 0 aromatic heterocycles. The predicted molar refractivity (Wildman–Crippen MR) is 84.8 cm³/mol. The van der Waals surface area contributed by atoms with Crippen LogP contribution in [0.5, 0.6) is 0 Å².